The van der Waals surface area contributed by atoms with Crippen molar-refractivity contribution in [3.05, 3.63) is 16.1 Å². The molecule has 0 fully saturated rings. The number of aromatic nitrogens is 2. The number of nitrogens with zero attached hydrogens (tertiary/aromatic N) is 2. The summed E-state index contributed by atoms with van der Waals surface area (Å²) in [5.74, 6) is 0.494. The van der Waals surface area contributed by atoms with Gasteiger partial charge in [0.2, 0.25) is 0 Å². The first kappa shape index (κ1) is 10.7. The highest BCUT2D eigenvalue weighted by Crippen LogP contribution is 2.27. The van der Waals surface area contributed by atoms with Crippen LogP contribution in [0.2, 0.25) is 0 Å². The van der Waals surface area contributed by atoms with Crippen LogP contribution in [-0.4, -0.2) is 20.6 Å². The number of halogens is 1. The number of aliphatic carboxylic acids is 1. The maximum Gasteiger partial charge on any atom is 0.311 e. The van der Waals surface area contributed by atoms with Crippen LogP contribution in [0, 0.1) is 5.92 Å². The highest BCUT2D eigenvalue weighted by molar-refractivity contribution is 9.10. The van der Waals surface area contributed by atoms with E-state index in [-0.39, 0.29) is 6.42 Å². The molecule has 2 heterocycles. The van der Waals surface area contributed by atoms with Gasteiger partial charge in [-0.3, -0.25) is 4.79 Å². The lowest BCUT2D eigenvalue weighted by Gasteiger charge is -2.21. The third-order valence-electron chi connectivity index (χ3n) is 2.80. The predicted octanol–water partition coefficient (Wildman–Crippen LogP) is 1.85. The fourth-order valence-electron chi connectivity index (χ4n) is 2.02. The summed E-state index contributed by atoms with van der Waals surface area (Å²) in [5.41, 5.74) is 1.14. The van der Waals surface area contributed by atoms with E-state index >= 15 is 0 Å². The van der Waals surface area contributed by atoms with E-state index in [4.69, 9.17) is 5.11 Å². The summed E-state index contributed by atoms with van der Waals surface area (Å²) in [6.45, 7) is 3.09. The van der Waals surface area contributed by atoms with Gasteiger partial charge in [-0.2, -0.15) is 0 Å². The molecule has 2 rings (SSSR count). The number of imidazole rings is 1. The van der Waals surface area contributed by atoms with E-state index in [1.165, 1.54) is 0 Å². The minimum Gasteiger partial charge on any atom is -0.481 e. The average molecular weight is 273 g/mol. The van der Waals surface area contributed by atoms with E-state index in [9.17, 15) is 4.79 Å². The number of carboxylic acid groups (broad SMARTS) is 1. The average Bonchev–Trinajstić information content (AvgIpc) is 2.42. The second-order valence-corrected chi connectivity index (χ2v) is 4.84. The molecule has 1 N–H and O–H groups in total. The Morgan fingerprint density at radius 3 is 3.13 bits per heavy atom. The van der Waals surface area contributed by atoms with Gasteiger partial charge in [0.25, 0.3) is 0 Å². The van der Waals surface area contributed by atoms with Crippen molar-refractivity contribution in [2.24, 2.45) is 5.92 Å². The third-order valence-corrected chi connectivity index (χ3v) is 3.43. The summed E-state index contributed by atoms with van der Waals surface area (Å²) in [5, 5.41) is 8.76. The standard InChI is InChI=1S/C10H13BrN2O2/c1-6-2-3-13-7(4-6)10(11)12-8(13)5-9(14)15/h6H,2-5H2,1H3,(H,14,15). The van der Waals surface area contributed by atoms with E-state index in [0.717, 1.165) is 29.7 Å². The summed E-state index contributed by atoms with van der Waals surface area (Å²) >= 11 is 3.40. The monoisotopic (exact) mass is 272 g/mol. The molecule has 0 spiro atoms. The zero-order valence-electron chi connectivity index (χ0n) is 8.53. The third kappa shape index (κ3) is 2.07. The quantitative estimate of drug-likeness (QED) is 0.894. The molecule has 0 bridgehead atoms. The van der Waals surface area contributed by atoms with Crippen molar-refractivity contribution in [3.63, 3.8) is 0 Å². The Hall–Kier alpha value is -0.840. The van der Waals surface area contributed by atoms with Gasteiger partial charge in [0.05, 0.1) is 5.69 Å². The van der Waals surface area contributed by atoms with E-state index in [1.807, 2.05) is 4.57 Å². The lowest BCUT2D eigenvalue weighted by Crippen LogP contribution is -2.19. The zero-order chi connectivity index (χ0) is 11.0. The summed E-state index contributed by atoms with van der Waals surface area (Å²) < 4.78 is 2.85. The van der Waals surface area contributed by atoms with Gasteiger partial charge in [0, 0.05) is 6.54 Å². The number of hydrogen-bond acceptors (Lipinski definition) is 2. The molecule has 1 unspecified atom stereocenters. The van der Waals surface area contributed by atoms with E-state index < -0.39 is 5.97 Å². The van der Waals surface area contributed by atoms with Crippen LogP contribution in [0.25, 0.3) is 0 Å². The summed E-state index contributed by atoms with van der Waals surface area (Å²) in [7, 11) is 0. The molecule has 15 heavy (non-hydrogen) atoms. The van der Waals surface area contributed by atoms with E-state index in [2.05, 4.69) is 27.8 Å². The van der Waals surface area contributed by atoms with Crippen LogP contribution >= 0.6 is 15.9 Å². The number of carboxylic acids is 1. The Bertz CT molecular complexity index is 400. The largest absolute Gasteiger partial charge is 0.481 e. The maximum absolute atomic E-state index is 10.7. The summed E-state index contributed by atoms with van der Waals surface area (Å²) in [4.78, 5) is 14.9. The molecule has 1 aliphatic rings. The number of hydrogen-bond donors (Lipinski definition) is 1. The Morgan fingerprint density at radius 1 is 1.73 bits per heavy atom. The van der Waals surface area contributed by atoms with E-state index in [1.54, 1.807) is 0 Å². The van der Waals surface area contributed by atoms with Gasteiger partial charge in [-0.1, -0.05) is 6.92 Å². The fourth-order valence-corrected chi connectivity index (χ4v) is 2.60. The van der Waals surface area contributed by atoms with Crippen molar-refractivity contribution in [2.75, 3.05) is 0 Å². The molecule has 0 saturated carbocycles. The highest BCUT2D eigenvalue weighted by Gasteiger charge is 2.22. The highest BCUT2D eigenvalue weighted by atomic mass is 79.9. The molecule has 0 amide bonds. The van der Waals surface area contributed by atoms with Crippen LogP contribution in [0.3, 0.4) is 0 Å². The minimum absolute atomic E-state index is 0.00693. The first-order valence-electron chi connectivity index (χ1n) is 5.03. The second-order valence-electron chi connectivity index (χ2n) is 4.09. The van der Waals surface area contributed by atoms with Gasteiger partial charge in [0.15, 0.2) is 0 Å². The molecule has 5 heteroatoms. The van der Waals surface area contributed by atoms with Crippen LogP contribution in [0.15, 0.2) is 4.60 Å². The molecule has 0 aliphatic carbocycles. The van der Waals surface area contributed by atoms with Gasteiger partial charge in [-0.25, -0.2) is 4.98 Å². The molecule has 1 aliphatic heterocycles. The fraction of sp³-hybridized carbons (Fsp3) is 0.600. The molecule has 1 aromatic rings. The predicted molar refractivity (Wildman–Crippen MR) is 58.8 cm³/mol. The normalized spacial score (nSPS) is 20.0. The van der Waals surface area contributed by atoms with Crippen molar-refractivity contribution in [1.82, 2.24) is 9.55 Å². The van der Waals surface area contributed by atoms with Crippen LogP contribution in [0.1, 0.15) is 24.9 Å². The Morgan fingerprint density at radius 2 is 2.47 bits per heavy atom. The van der Waals surface area contributed by atoms with Gasteiger partial charge in [-0.15, -0.1) is 0 Å². The van der Waals surface area contributed by atoms with Crippen molar-refractivity contribution >= 4 is 21.9 Å². The summed E-state index contributed by atoms with van der Waals surface area (Å²) in [6.07, 6.45) is 2.09. The van der Waals surface area contributed by atoms with Crippen molar-refractivity contribution in [2.45, 2.75) is 32.7 Å². The van der Waals surface area contributed by atoms with Crippen molar-refractivity contribution in [1.29, 1.82) is 0 Å². The minimum atomic E-state index is -0.825. The van der Waals surface area contributed by atoms with Crippen LogP contribution in [0.4, 0.5) is 0 Å². The first-order valence-corrected chi connectivity index (χ1v) is 5.82. The second kappa shape index (κ2) is 3.96. The van der Waals surface area contributed by atoms with E-state index in [0.29, 0.717) is 11.7 Å². The van der Waals surface area contributed by atoms with Crippen LogP contribution in [0.5, 0.6) is 0 Å². The van der Waals surface area contributed by atoms with Gasteiger partial charge in [0.1, 0.15) is 16.8 Å². The smallest absolute Gasteiger partial charge is 0.311 e. The summed E-state index contributed by atoms with van der Waals surface area (Å²) in [6, 6.07) is 0. The Labute approximate surface area is 96.4 Å². The lowest BCUT2D eigenvalue weighted by atomic mass is 9.98. The molecule has 1 aromatic heterocycles. The van der Waals surface area contributed by atoms with Crippen LogP contribution in [-0.2, 0) is 24.2 Å². The zero-order valence-corrected chi connectivity index (χ0v) is 10.1. The number of carbonyl (C=O) groups is 1. The van der Waals surface area contributed by atoms with Crippen LogP contribution < -0.4 is 0 Å². The molecular formula is C10H13BrN2O2. The lowest BCUT2D eigenvalue weighted by molar-refractivity contribution is -0.136. The number of rotatable bonds is 2. The molecule has 0 radical (unpaired) electrons. The van der Waals surface area contributed by atoms with Gasteiger partial charge >= 0.3 is 5.97 Å². The molecule has 82 valence electrons. The van der Waals surface area contributed by atoms with Gasteiger partial charge < -0.3 is 9.67 Å². The molecule has 1 atom stereocenters. The van der Waals surface area contributed by atoms with Crippen molar-refractivity contribution in [3.8, 4) is 0 Å². The first-order chi connectivity index (χ1) is 7.08. The molecule has 0 aromatic carbocycles. The SMILES string of the molecule is CC1CCn2c(CC(=O)O)nc(Br)c2C1. The molecule has 0 saturated heterocycles. The molecule has 4 nitrogen and oxygen atoms in total. The van der Waals surface area contributed by atoms with Gasteiger partial charge in [-0.05, 0) is 34.7 Å². The maximum atomic E-state index is 10.7. The Balaban J connectivity index is 2.34. The van der Waals surface area contributed by atoms with Crippen molar-refractivity contribution < 1.29 is 9.90 Å². The topological polar surface area (TPSA) is 55.1 Å². The molecular weight excluding hydrogens is 260 g/mol. The Kier molecular flexibility index (Phi) is 2.82. The number of fused-ring (bicyclic) bond motifs is 1.